The normalized spacial score (nSPS) is 17.2. The molecule has 0 bridgehead atoms. The summed E-state index contributed by atoms with van der Waals surface area (Å²) in [5.74, 6) is 0.598. The van der Waals surface area contributed by atoms with Crippen molar-refractivity contribution in [2.24, 2.45) is 0 Å². The molecule has 1 atom stereocenters. The van der Waals surface area contributed by atoms with E-state index in [4.69, 9.17) is 4.74 Å². The first kappa shape index (κ1) is 17.8. The van der Waals surface area contributed by atoms with E-state index in [1.54, 1.807) is 6.92 Å². The molecule has 128 valence electrons. The smallest absolute Gasteiger partial charge is 0.227 e. The summed E-state index contributed by atoms with van der Waals surface area (Å²) < 4.78 is 5.24. The fourth-order valence-electron chi connectivity index (χ4n) is 3.61. The van der Waals surface area contributed by atoms with Gasteiger partial charge in [-0.25, -0.2) is 0 Å². The number of aromatic nitrogens is 1. The first-order valence-corrected chi connectivity index (χ1v) is 8.94. The van der Waals surface area contributed by atoms with Gasteiger partial charge in [-0.2, -0.15) is 0 Å². The van der Waals surface area contributed by atoms with E-state index in [9.17, 15) is 9.59 Å². The SMILES string of the molecule is CCCCCCCCC1CCC(=O)c2[nH]c(C)c(OC)c(=O)c21. The molecule has 2 rings (SSSR count). The van der Waals surface area contributed by atoms with E-state index in [2.05, 4.69) is 11.9 Å². The van der Waals surface area contributed by atoms with Gasteiger partial charge in [0.1, 0.15) is 0 Å². The molecule has 1 heterocycles. The lowest BCUT2D eigenvalue weighted by molar-refractivity contribution is 0.0959. The molecule has 1 N–H and O–H groups in total. The zero-order chi connectivity index (χ0) is 16.8. The van der Waals surface area contributed by atoms with Crippen LogP contribution in [0.1, 0.15) is 92.4 Å². The number of hydrogen-bond acceptors (Lipinski definition) is 3. The molecule has 1 aromatic heterocycles. The number of hydrogen-bond donors (Lipinski definition) is 1. The maximum absolute atomic E-state index is 12.7. The second kappa shape index (κ2) is 8.32. The molecule has 4 nitrogen and oxygen atoms in total. The van der Waals surface area contributed by atoms with E-state index in [0.717, 1.165) is 19.3 Å². The second-order valence-corrected chi connectivity index (χ2v) is 6.62. The van der Waals surface area contributed by atoms with Gasteiger partial charge in [0.15, 0.2) is 11.5 Å². The van der Waals surface area contributed by atoms with E-state index in [1.165, 1.54) is 39.2 Å². The van der Waals surface area contributed by atoms with Crippen LogP contribution in [0.4, 0.5) is 0 Å². The van der Waals surface area contributed by atoms with Crippen LogP contribution in [-0.4, -0.2) is 17.9 Å². The van der Waals surface area contributed by atoms with Crippen molar-refractivity contribution < 1.29 is 9.53 Å². The van der Waals surface area contributed by atoms with Crippen LogP contribution >= 0.6 is 0 Å². The van der Waals surface area contributed by atoms with E-state index in [1.807, 2.05) is 0 Å². The minimum absolute atomic E-state index is 0.0575. The predicted molar refractivity (Wildman–Crippen MR) is 92.7 cm³/mol. The Morgan fingerprint density at radius 2 is 1.83 bits per heavy atom. The van der Waals surface area contributed by atoms with Crippen molar-refractivity contribution >= 4 is 5.78 Å². The minimum Gasteiger partial charge on any atom is -0.491 e. The van der Waals surface area contributed by atoms with Gasteiger partial charge in [-0.3, -0.25) is 9.59 Å². The molecular formula is C19H29NO3. The molecule has 0 aliphatic heterocycles. The number of methoxy groups -OCH3 is 1. The van der Waals surface area contributed by atoms with Gasteiger partial charge in [-0.15, -0.1) is 0 Å². The number of carbonyl (C=O) groups excluding carboxylic acids is 1. The van der Waals surface area contributed by atoms with Crippen molar-refractivity contribution in [2.75, 3.05) is 7.11 Å². The van der Waals surface area contributed by atoms with Gasteiger partial charge in [0.05, 0.1) is 18.5 Å². The molecule has 0 saturated heterocycles. The Morgan fingerprint density at radius 3 is 2.52 bits per heavy atom. The summed E-state index contributed by atoms with van der Waals surface area (Å²) >= 11 is 0. The van der Waals surface area contributed by atoms with Gasteiger partial charge >= 0.3 is 0 Å². The highest BCUT2D eigenvalue weighted by molar-refractivity contribution is 5.97. The maximum Gasteiger partial charge on any atom is 0.227 e. The van der Waals surface area contributed by atoms with Crippen LogP contribution in [0.25, 0.3) is 0 Å². The molecule has 4 heteroatoms. The van der Waals surface area contributed by atoms with Crippen LogP contribution in [0.3, 0.4) is 0 Å². The Labute approximate surface area is 138 Å². The molecule has 0 saturated carbocycles. The van der Waals surface area contributed by atoms with Crippen LogP contribution in [0, 0.1) is 6.92 Å². The number of ether oxygens (including phenoxy) is 1. The van der Waals surface area contributed by atoms with Gasteiger partial charge in [0.25, 0.3) is 0 Å². The van der Waals surface area contributed by atoms with Gasteiger partial charge in [0, 0.05) is 12.0 Å². The van der Waals surface area contributed by atoms with Crippen molar-refractivity contribution in [3.05, 3.63) is 27.2 Å². The summed E-state index contributed by atoms with van der Waals surface area (Å²) in [5.41, 5.74) is 1.74. The number of pyridine rings is 1. The first-order valence-electron chi connectivity index (χ1n) is 8.94. The summed E-state index contributed by atoms with van der Waals surface area (Å²) in [6.45, 7) is 4.00. The number of ketones is 1. The van der Waals surface area contributed by atoms with Crippen molar-refractivity contribution in [1.82, 2.24) is 4.98 Å². The van der Waals surface area contributed by atoms with Gasteiger partial charge in [0.2, 0.25) is 5.43 Å². The molecule has 1 unspecified atom stereocenters. The first-order chi connectivity index (χ1) is 11.1. The third-order valence-electron chi connectivity index (χ3n) is 4.89. The van der Waals surface area contributed by atoms with Crippen molar-refractivity contribution in [3.8, 4) is 5.75 Å². The van der Waals surface area contributed by atoms with Crippen LogP contribution in [0.5, 0.6) is 5.75 Å². The van der Waals surface area contributed by atoms with Crippen LogP contribution < -0.4 is 10.2 Å². The standard InChI is InChI=1S/C19H29NO3/c1-4-5-6-7-8-9-10-14-11-12-15(21)17-16(14)18(22)19(23-3)13(2)20-17/h14H,4-12H2,1-3H3,(H,20,22). The van der Waals surface area contributed by atoms with Gasteiger partial charge < -0.3 is 9.72 Å². The fourth-order valence-corrected chi connectivity index (χ4v) is 3.61. The van der Waals surface area contributed by atoms with Crippen LogP contribution in [-0.2, 0) is 0 Å². The molecule has 0 radical (unpaired) electrons. The van der Waals surface area contributed by atoms with E-state index < -0.39 is 0 Å². The highest BCUT2D eigenvalue weighted by atomic mass is 16.5. The zero-order valence-electron chi connectivity index (χ0n) is 14.7. The lowest BCUT2D eigenvalue weighted by Gasteiger charge is -2.25. The Kier molecular flexibility index (Phi) is 6.43. The molecule has 23 heavy (non-hydrogen) atoms. The Hall–Kier alpha value is -1.58. The Morgan fingerprint density at radius 1 is 1.13 bits per heavy atom. The second-order valence-electron chi connectivity index (χ2n) is 6.62. The number of aryl methyl sites for hydroxylation is 1. The quantitative estimate of drug-likeness (QED) is 0.718. The number of carbonyl (C=O) groups is 1. The summed E-state index contributed by atoms with van der Waals surface area (Å²) in [5, 5.41) is 0. The molecular weight excluding hydrogens is 290 g/mol. The van der Waals surface area contributed by atoms with Gasteiger partial charge in [-0.1, -0.05) is 45.4 Å². The molecule has 1 aliphatic rings. The summed E-state index contributed by atoms with van der Waals surface area (Å²) in [7, 11) is 1.51. The lowest BCUT2D eigenvalue weighted by Crippen LogP contribution is -2.27. The number of aromatic amines is 1. The zero-order valence-corrected chi connectivity index (χ0v) is 14.7. The number of unbranched alkanes of at least 4 members (excludes halogenated alkanes) is 5. The number of H-pyrrole nitrogens is 1. The topological polar surface area (TPSA) is 59.2 Å². The van der Waals surface area contributed by atoms with Crippen LogP contribution in [0.2, 0.25) is 0 Å². The molecule has 1 aromatic rings. The Bertz CT molecular complexity index is 603. The van der Waals surface area contributed by atoms with Crippen LogP contribution in [0.15, 0.2) is 4.79 Å². The third-order valence-corrected chi connectivity index (χ3v) is 4.89. The highest BCUT2D eigenvalue weighted by Crippen LogP contribution is 2.34. The van der Waals surface area contributed by atoms with E-state index in [-0.39, 0.29) is 17.1 Å². The van der Waals surface area contributed by atoms with E-state index >= 15 is 0 Å². The molecule has 0 fully saturated rings. The minimum atomic E-state index is -0.0946. The van der Waals surface area contributed by atoms with Gasteiger partial charge in [-0.05, 0) is 25.7 Å². The Balaban J connectivity index is 2.12. The summed E-state index contributed by atoms with van der Waals surface area (Å²) in [6.07, 6.45) is 9.76. The van der Waals surface area contributed by atoms with Crippen molar-refractivity contribution in [3.63, 3.8) is 0 Å². The fraction of sp³-hybridized carbons (Fsp3) is 0.684. The third kappa shape index (κ3) is 4.04. The average molecular weight is 319 g/mol. The largest absolute Gasteiger partial charge is 0.491 e. The van der Waals surface area contributed by atoms with Crippen molar-refractivity contribution in [2.45, 2.75) is 77.6 Å². The number of Topliss-reactive ketones (excluding diaryl/α,β-unsaturated/α-hetero) is 1. The number of nitrogens with one attached hydrogen (secondary N) is 1. The predicted octanol–water partition coefficient (Wildman–Crippen LogP) is 4.50. The number of fused-ring (bicyclic) bond motifs is 1. The summed E-state index contributed by atoms with van der Waals surface area (Å²) in [6, 6.07) is 0. The maximum atomic E-state index is 12.7. The van der Waals surface area contributed by atoms with E-state index in [0.29, 0.717) is 29.1 Å². The van der Waals surface area contributed by atoms with Crippen molar-refractivity contribution in [1.29, 1.82) is 0 Å². The number of rotatable bonds is 8. The summed E-state index contributed by atoms with van der Waals surface area (Å²) in [4.78, 5) is 28.0. The molecule has 0 amide bonds. The molecule has 0 spiro atoms. The molecule has 0 aromatic carbocycles. The average Bonchev–Trinajstić information content (AvgIpc) is 2.53. The lowest BCUT2D eigenvalue weighted by atomic mass is 9.81. The monoisotopic (exact) mass is 319 g/mol. The molecule has 1 aliphatic carbocycles. The highest BCUT2D eigenvalue weighted by Gasteiger charge is 2.30.